The summed E-state index contributed by atoms with van der Waals surface area (Å²) in [5, 5.41) is 0. The first-order chi connectivity index (χ1) is 5.99. The van der Waals surface area contributed by atoms with Gasteiger partial charge in [0.2, 0.25) is 0 Å². The van der Waals surface area contributed by atoms with Crippen molar-refractivity contribution in [1.82, 2.24) is 0 Å². The number of hydrogen-bond donors (Lipinski definition) is 0. The molecule has 1 aromatic carbocycles. The van der Waals surface area contributed by atoms with Gasteiger partial charge in [-0.05, 0) is 18.1 Å². The molecule has 0 heterocycles. The van der Waals surface area contributed by atoms with Gasteiger partial charge in [0, 0.05) is 10.2 Å². The third-order valence-corrected chi connectivity index (χ3v) is 3.06. The molecule has 0 saturated carbocycles. The molecular weight excluding hydrogens is 279 g/mol. The van der Waals surface area contributed by atoms with Gasteiger partial charge in [-0.25, -0.2) is 8.42 Å². The maximum absolute atomic E-state index is 10.3. The van der Waals surface area contributed by atoms with Crippen LogP contribution in [0.4, 0.5) is 0 Å². The van der Waals surface area contributed by atoms with Crippen molar-refractivity contribution in [3.05, 3.63) is 34.3 Å². The normalized spacial score (nSPS) is 10.7. The van der Waals surface area contributed by atoms with Crippen molar-refractivity contribution in [3.63, 3.8) is 0 Å². The van der Waals surface area contributed by atoms with Gasteiger partial charge in [-0.15, -0.1) is 0 Å². The molecule has 0 aliphatic carbocycles. The topological polar surface area (TPSA) is 57.2 Å². The van der Waals surface area contributed by atoms with Crippen LogP contribution in [-0.2, 0) is 16.5 Å². The Morgan fingerprint density at radius 2 is 1.86 bits per heavy atom. The van der Waals surface area contributed by atoms with Gasteiger partial charge in [0.05, 0.1) is 10.1 Å². The van der Waals surface area contributed by atoms with Crippen LogP contribution in [-0.4, -0.2) is 18.7 Å². The second-order valence-corrected chi connectivity index (χ2v) is 4.98. The maximum Gasteiger partial charge on any atom is 1.00 e. The Kier molecular flexibility index (Phi) is 6.52. The Labute approximate surface area is 114 Å². The van der Waals surface area contributed by atoms with Gasteiger partial charge in [-0.1, -0.05) is 34.1 Å². The van der Waals surface area contributed by atoms with E-state index in [9.17, 15) is 13.0 Å². The van der Waals surface area contributed by atoms with Crippen LogP contribution in [0.1, 0.15) is 5.56 Å². The largest absolute Gasteiger partial charge is 1.00 e. The van der Waals surface area contributed by atoms with Gasteiger partial charge in [-0.2, -0.15) is 0 Å². The Bertz CT molecular complexity index is 391. The van der Waals surface area contributed by atoms with Crippen molar-refractivity contribution in [3.8, 4) is 0 Å². The minimum Gasteiger partial charge on any atom is -0.748 e. The minimum atomic E-state index is -4.11. The van der Waals surface area contributed by atoms with Gasteiger partial charge in [-0.3, -0.25) is 0 Å². The van der Waals surface area contributed by atoms with E-state index in [0.29, 0.717) is 0 Å². The van der Waals surface area contributed by atoms with Crippen molar-refractivity contribution < 1.29 is 42.5 Å². The zero-order chi connectivity index (χ0) is 9.90. The predicted octanol–water partition coefficient (Wildman–Crippen LogP) is -1.46. The van der Waals surface area contributed by atoms with Gasteiger partial charge in [0.1, 0.15) is 0 Å². The molecule has 0 radical (unpaired) electrons. The van der Waals surface area contributed by atoms with Crippen LogP contribution in [0.3, 0.4) is 0 Å². The molecule has 6 heteroatoms. The molecule has 1 rings (SSSR count). The maximum atomic E-state index is 10.3. The van der Waals surface area contributed by atoms with Crippen molar-refractivity contribution in [1.29, 1.82) is 0 Å². The van der Waals surface area contributed by atoms with E-state index in [1.54, 1.807) is 12.1 Å². The van der Waals surface area contributed by atoms with Gasteiger partial charge in [0.25, 0.3) is 0 Å². The fourth-order valence-electron chi connectivity index (χ4n) is 0.936. The summed E-state index contributed by atoms with van der Waals surface area (Å²) < 4.78 is 31.9. The molecule has 0 bridgehead atoms. The average Bonchev–Trinajstić information content (AvgIpc) is 2.01. The van der Waals surface area contributed by atoms with E-state index in [1.165, 1.54) is 0 Å². The molecule has 0 aromatic heterocycles. The molecule has 0 unspecified atom stereocenters. The monoisotopic (exact) mass is 286 g/mol. The third kappa shape index (κ3) is 5.48. The summed E-state index contributed by atoms with van der Waals surface area (Å²) in [5.74, 6) is -0.352. The van der Waals surface area contributed by atoms with Crippen LogP contribution >= 0.6 is 15.9 Å². The van der Waals surface area contributed by atoms with E-state index >= 15 is 0 Å². The Morgan fingerprint density at radius 1 is 1.29 bits per heavy atom. The molecule has 14 heavy (non-hydrogen) atoms. The second kappa shape index (κ2) is 6.25. The molecule has 0 N–H and O–H groups in total. The van der Waals surface area contributed by atoms with Gasteiger partial charge < -0.3 is 4.55 Å². The zero-order valence-corrected chi connectivity index (χ0v) is 12.1. The Hall–Kier alpha value is 0.610. The molecule has 72 valence electrons. The number of hydrogen-bond acceptors (Lipinski definition) is 3. The molecule has 0 spiro atoms. The van der Waals surface area contributed by atoms with Crippen LogP contribution in [0.15, 0.2) is 28.7 Å². The van der Waals surface area contributed by atoms with Crippen LogP contribution < -0.4 is 29.6 Å². The molecule has 3 nitrogen and oxygen atoms in total. The van der Waals surface area contributed by atoms with E-state index in [1.807, 2.05) is 12.1 Å². The third-order valence-electron chi connectivity index (χ3n) is 1.58. The van der Waals surface area contributed by atoms with E-state index in [4.69, 9.17) is 0 Å². The summed E-state index contributed by atoms with van der Waals surface area (Å²) in [6.45, 7) is 0. The van der Waals surface area contributed by atoms with E-state index in [0.717, 1.165) is 10.0 Å². The number of benzene rings is 1. The molecule has 0 aliphatic heterocycles. The number of halogens is 1. The second-order valence-electron chi connectivity index (χ2n) is 2.60. The Balaban J connectivity index is 0.00000169. The first kappa shape index (κ1) is 14.6. The Morgan fingerprint density at radius 3 is 2.36 bits per heavy atom. The van der Waals surface area contributed by atoms with E-state index in [-0.39, 0.29) is 41.7 Å². The molecular formula is C8H8BrNaO3S. The summed E-state index contributed by atoms with van der Waals surface area (Å²) >= 11 is 3.27. The van der Waals surface area contributed by atoms with Crippen molar-refractivity contribution >= 4 is 26.0 Å². The molecule has 0 atom stereocenters. The predicted molar refractivity (Wildman–Crippen MR) is 52.4 cm³/mol. The van der Waals surface area contributed by atoms with E-state index in [2.05, 4.69) is 15.9 Å². The van der Waals surface area contributed by atoms with Crippen molar-refractivity contribution in [2.75, 3.05) is 5.75 Å². The van der Waals surface area contributed by atoms with Crippen molar-refractivity contribution in [2.45, 2.75) is 6.42 Å². The molecule has 1 aromatic rings. The SMILES string of the molecule is O=S(=O)([O-])CCc1ccccc1Br.[Na+]. The van der Waals surface area contributed by atoms with Crippen LogP contribution in [0.2, 0.25) is 0 Å². The average molecular weight is 287 g/mol. The standard InChI is InChI=1S/C8H9BrO3S.Na/c9-8-4-2-1-3-7(8)5-6-13(10,11)12;/h1-4H,5-6H2,(H,10,11,12);/q;+1/p-1. The summed E-state index contributed by atoms with van der Waals surface area (Å²) in [6, 6.07) is 7.23. The fourth-order valence-corrected chi connectivity index (χ4v) is 1.89. The molecule has 0 amide bonds. The molecule has 0 fully saturated rings. The fraction of sp³-hybridized carbons (Fsp3) is 0.250. The summed E-state index contributed by atoms with van der Waals surface area (Å²) in [7, 11) is -4.11. The molecule has 0 saturated heterocycles. The quantitative estimate of drug-likeness (QED) is 0.504. The van der Waals surface area contributed by atoms with E-state index < -0.39 is 10.1 Å². The van der Waals surface area contributed by atoms with Gasteiger partial charge >= 0.3 is 29.6 Å². The van der Waals surface area contributed by atoms with Crippen LogP contribution in [0.5, 0.6) is 0 Å². The summed E-state index contributed by atoms with van der Waals surface area (Å²) in [4.78, 5) is 0. The minimum absolute atomic E-state index is 0. The smallest absolute Gasteiger partial charge is 0.748 e. The van der Waals surface area contributed by atoms with Crippen LogP contribution in [0, 0.1) is 0 Å². The zero-order valence-electron chi connectivity index (χ0n) is 7.73. The van der Waals surface area contributed by atoms with Crippen molar-refractivity contribution in [2.24, 2.45) is 0 Å². The first-order valence-corrected chi connectivity index (χ1v) is 6.03. The van der Waals surface area contributed by atoms with Gasteiger partial charge in [0.15, 0.2) is 0 Å². The summed E-state index contributed by atoms with van der Waals surface area (Å²) in [5.41, 5.74) is 0.835. The number of aryl methyl sites for hydroxylation is 1. The first-order valence-electron chi connectivity index (χ1n) is 3.66. The number of rotatable bonds is 3. The molecule has 0 aliphatic rings. The summed E-state index contributed by atoms with van der Waals surface area (Å²) in [6.07, 6.45) is 0.257. The van der Waals surface area contributed by atoms with Crippen LogP contribution in [0.25, 0.3) is 0 Å².